The van der Waals surface area contributed by atoms with E-state index in [2.05, 4.69) is 20.8 Å². The lowest BCUT2D eigenvalue weighted by Gasteiger charge is -2.07. The van der Waals surface area contributed by atoms with Gasteiger partial charge in [0.05, 0.1) is 25.7 Å². The van der Waals surface area contributed by atoms with Crippen LogP contribution in [0.3, 0.4) is 0 Å². The van der Waals surface area contributed by atoms with E-state index in [4.69, 9.17) is 9.47 Å². The Kier molecular flexibility index (Phi) is 5.69. The normalized spacial score (nSPS) is 10.4. The first-order valence-electron chi connectivity index (χ1n) is 7.69. The molecule has 0 spiro atoms. The van der Waals surface area contributed by atoms with Gasteiger partial charge in [-0.25, -0.2) is 0 Å². The second kappa shape index (κ2) is 8.34. The van der Waals surface area contributed by atoms with E-state index in [0.717, 1.165) is 11.4 Å². The van der Waals surface area contributed by atoms with Crippen molar-refractivity contribution < 1.29 is 14.3 Å². The first-order chi connectivity index (χ1) is 12.7. The quantitative estimate of drug-likeness (QED) is 0.638. The van der Waals surface area contributed by atoms with E-state index in [1.807, 2.05) is 36.4 Å². The Balaban J connectivity index is 1.63. The van der Waals surface area contributed by atoms with Crippen LogP contribution in [0, 0.1) is 0 Å². The van der Waals surface area contributed by atoms with Crippen LogP contribution in [0.25, 0.3) is 5.69 Å². The molecular weight excluding hydrogens is 354 g/mol. The fourth-order valence-corrected chi connectivity index (χ4v) is 2.87. The van der Waals surface area contributed by atoms with Crippen LogP contribution in [0.4, 0.5) is 5.69 Å². The standard InChI is InChI=1S/C17H17N5O3S/c1-24-14-8-6-13(7-9-14)22-17(19-20-21-22)26-11-16(23)18-12-4-3-5-15(10-12)25-2/h3-10H,11H2,1-2H3,(H,18,23). The van der Waals surface area contributed by atoms with Gasteiger partial charge < -0.3 is 14.8 Å². The SMILES string of the molecule is COc1ccc(-n2nnnc2SCC(=O)Nc2cccc(OC)c2)cc1. The molecule has 3 rings (SSSR count). The maximum atomic E-state index is 12.2. The third kappa shape index (κ3) is 4.31. The van der Waals surface area contributed by atoms with Crippen LogP contribution in [0.5, 0.6) is 11.5 Å². The minimum Gasteiger partial charge on any atom is -0.497 e. The summed E-state index contributed by atoms with van der Waals surface area (Å²) in [6.45, 7) is 0. The first-order valence-corrected chi connectivity index (χ1v) is 8.67. The maximum Gasteiger partial charge on any atom is 0.234 e. The fraction of sp³-hybridized carbons (Fsp3) is 0.176. The summed E-state index contributed by atoms with van der Waals surface area (Å²) in [5.74, 6) is 1.44. The molecule has 1 aromatic heterocycles. The number of methoxy groups -OCH3 is 2. The lowest BCUT2D eigenvalue weighted by molar-refractivity contribution is -0.113. The molecule has 134 valence electrons. The van der Waals surface area contributed by atoms with E-state index in [1.165, 1.54) is 11.8 Å². The molecule has 0 atom stereocenters. The maximum absolute atomic E-state index is 12.2. The van der Waals surface area contributed by atoms with Gasteiger partial charge in [0.15, 0.2) is 0 Å². The van der Waals surface area contributed by atoms with Gasteiger partial charge in [0.1, 0.15) is 11.5 Å². The summed E-state index contributed by atoms with van der Waals surface area (Å²) in [6, 6.07) is 14.5. The van der Waals surface area contributed by atoms with E-state index in [9.17, 15) is 4.79 Å². The van der Waals surface area contributed by atoms with E-state index < -0.39 is 0 Å². The number of nitrogens with zero attached hydrogens (tertiary/aromatic N) is 4. The van der Waals surface area contributed by atoms with Crippen LogP contribution in [0.15, 0.2) is 53.7 Å². The summed E-state index contributed by atoms with van der Waals surface area (Å²) in [5.41, 5.74) is 1.45. The monoisotopic (exact) mass is 371 g/mol. The van der Waals surface area contributed by atoms with Crippen LogP contribution >= 0.6 is 11.8 Å². The number of amides is 1. The Labute approximate surface area is 154 Å². The van der Waals surface area contributed by atoms with Crippen molar-refractivity contribution in [1.29, 1.82) is 0 Å². The summed E-state index contributed by atoms with van der Waals surface area (Å²) >= 11 is 1.25. The molecule has 0 radical (unpaired) electrons. The average Bonchev–Trinajstić information content (AvgIpc) is 3.15. The predicted octanol–water partition coefficient (Wildman–Crippen LogP) is 2.41. The molecule has 0 unspecified atom stereocenters. The van der Waals surface area contributed by atoms with Gasteiger partial charge in [-0.2, -0.15) is 4.68 Å². The zero-order valence-corrected chi connectivity index (χ0v) is 15.1. The zero-order valence-electron chi connectivity index (χ0n) is 14.2. The Morgan fingerprint density at radius 1 is 1.12 bits per heavy atom. The highest BCUT2D eigenvalue weighted by molar-refractivity contribution is 7.99. The molecule has 0 aliphatic carbocycles. The van der Waals surface area contributed by atoms with Crippen molar-refractivity contribution in [2.45, 2.75) is 5.16 Å². The molecule has 1 amide bonds. The van der Waals surface area contributed by atoms with Gasteiger partial charge in [0.2, 0.25) is 11.1 Å². The van der Waals surface area contributed by atoms with Crippen LogP contribution in [-0.4, -0.2) is 46.1 Å². The molecule has 0 bridgehead atoms. The number of hydrogen-bond donors (Lipinski definition) is 1. The van der Waals surface area contributed by atoms with E-state index in [1.54, 1.807) is 31.0 Å². The highest BCUT2D eigenvalue weighted by Crippen LogP contribution is 2.21. The van der Waals surface area contributed by atoms with Gasteiger partial charge >= 0.3 is 0 Å². The molecule has 0 saturated heterocycles. The van der Waals surface area contributed by atoms with E-state index >= 15 is 0 Å². The fourth-order valence-electron chi connectivity index (χ4n) is 2.18. The summed E-state index contributed by atoms with van der Waals surface area (Å²) in [4.78, 5) is 12.2. The number of hydrogen-bond acceptors (Lipinski definition) is 7. The Morgan fingerprint density at radius 2 is 1.88 bits per heavy atom. The summed E-state index contributed by atoms with van der Waals surface area (Å²) < 4.78 is 11.9. The van der Waals surface area contributed by atoms with Gasteiger partial charge in [-0.05, 0) is 46.8 Å². The third-order valence-electron chi connectivity index (χ3n) is 3.44. The summed E-state index contributed by atoms with van der Waals surface area (Å²) in [7, 11) is 3.18. The topological polar surface area (TPSA) is 91.2 Å². The van der Waals surface area contributed by atoms with Crippen molar-refractivity contribution in [3.05, 3.63) is 48.5 Å². The van der Waals surface area contributed by atoms with Crippen molar-refractivity contribution in [3.8, 4) is 17.2 Å². The lowest BCUT2D eigenvalue weighted by atomic mass is 10.3. The third-order valence-corrected chi connectivity index (χ3v) is 4.36. The highest BCUT2D eigenvalue weighted by Gasteiger charge is 2.12. The van der Waals surface area contributed by atoms with E-state index in [0.29, 0.717) is 16.6 Å². The molecule has 1 heterocycles. The largest absolute Gasteiger partial charge is 0.497 e. The van der Waals surface area contributed by atoms with Crippen molar-refractivity contribution in [1.82, 2.24) is 20.2 Å². The summed E-state index contributed by atoms with van der Waals surface area (Å²) in [5, 5.41) is 15.0. The number of thioether (sulfide) groups is 1. The number of tetrazole rings is 1. The zero-order chi connectivity index (χ0) is 18.4. The van der Waals surface area contributed by atoms with Crippen LogP contribution in [0.1, 0.15) is 0 Å². The molecule has 0 saturated carbocycles. The lowest BCUT2D eigenvalue weighted by Crippen LogP contribution is -2.14. The number of rotatable bonds is 7. The number of carbonyl (C=O) groups excluding carboxylic acids is 1. The molecule has 0 aliphatic rings. The number of anilines is 1. The minimum absolute atomic E-state index is 0.160. The first kappa shape index (κ1) is 17.7. The number of nitrogens with one attached hydrogen (secondary N) is 1. The number of ether oxygens (including phenoxy) is 2. The van der Waals surface area contributed by atoms with Crippen LogP contribution in [-0.2, 0) is 4.79 Å². The van der Waals surface area contributed by atoms with Crippen LogP contribution < -0.4 is 14.8 Å². The number of carbonyl (C=O) groups is 1. The Hall–Kier alpha value is -3.07. The van der Waals surface area contributed by atoms with Crippen molar-refractivity contribution in [2.75, 3.05) is 25.3 Å². The van der Waals surface area contributed by atoms with Gasteiger partial charge in [0.25, 0.3) is 0 Å². The minimum atomic E-state index is -0.160. The van der Waals surface area contributed by atoms with Crippen LogP contribution in [0.2, 0.25) is 0 Å². The second-order valence-electron chi connectivity index (χ2n) is 5.14. The second-order valence-corrected chi connectivity index (χ2v) is 6.08. The predicted molar refractivity (Wildman–Crippen MR) is 98.1 cm³/mol. The molecule has 0 aliphatic heterocycles. The molecule has 3 aromatic rings. The Bertz CT molecular complexity index is 882. The highest BCUT2D eigenvalue weighted by atomic mass is 32.2. The smallest absolute Gasteiger partial charge is 0.234 e. The number of aromatic nitrogens is 4. The molecular formula is C17H17N5O3S. The van der Waals surface area contributed by atoms with Crippen molar-refractivity contribution in [2.24, 2.45) is 0 Å². The molecule has 26 heavy (non-hydrogen) atoms. The molecule has 8 nitrogen and oxygen atoms in total. The van der Waals surface area contributed by atoms with Gasteiger partial charge in [-0.15, -0.1) is 5.10 Å². The molecule has 9 heteroatoms. The Morgan fingerprint density at radius 3 is 2.62 bits per heavy atom. The molecule has 2 aromatic carbocycles. The molecule has 0 fully saturated rings. The van der Waals surface area contributed by atoms with Gasteiger partial charge in [0, 0.05) is 11.8 Å². The molecule has 1 N–H and O–H groups in total. The average molecular weight is 371 g/mol. The van der Waals surface area contributed by atoms with Crippen molar-refractivity contribution >= 4 is 23.4 Å². The summed E-state index contributed by atoms with van der Waals surface area (Å²) in [6.07, 6.45) is 0. The van der Waals surface area contributed by atoms with E-state index in [-0.39, 0.29) is 11.7 Å². The van der Waals surface area contributed by atoms with Gasteiger partial charge in [-0.3, -0.25) is 4.79 Å². The number of benzene rings is 2. The van der Waals surface area contributed by atoms with Gasteiger partial charge in [-0.1, -0.05) is 17.8 Å². The van der Waals surface area contributed by atoms with Crippen molar-refractivity contribution in [3.63, 3.8) is 0 Å².